The second-order valence-electron chi connectivity index (χ2n) is 8.05. The molecule has 3 atom stereocenters. The smallest absolute Gasteiger partial charge is 0.193 e. The maximum absolute atomic E-state index is 12.7. The number of Topliss-reactive ketones (excluding diaryl/α,β-unsaturated/α-hetero) is 1. The molecule has 0 spiro atoms. The number of aliphatic hydroxyl groups is 1. The van der Waals surface area contributed by atoms with Crippen LogP contribution in [0.4, 0.5) is 0 Å². The third-order valence-electron chi connectivity index (χ3n) is 4.74. The zero-order valence-corrected chi connectivity index (χ0v) is 16.5. The monoisotopic (exact) mass is 316 g/mol. The predicted octanol–water partition coefficient (Wildman–Crippen LogP) is 4.40. The number of hydrogen-bond acceptors (Lipinski definition) is 3. The third-order valence-corrected chi connectivity index (χ3v) is 9.29. The molecule has 0 aliphatic heterocycles. The van der Waals surface area contributed by atoms with Gasteiger partial charge in [0.05, 0.1) is 6.10 Å². The van der Waals surface area contributed by atoms with E-state index >= 15 is 0 Å². The Bertz CT molecular complexity index is 331. The molecule has 0 aliphatic carbocycles. The minimum atomic E-state index is -1.96. The molecule has 1 N–H and O–H groups in total. The summed E-state index contributed by atoms with van der Waals surface area (Å²) in [5.74, 6) is -0.164. The molecule has 126 valence electrons. The summed E-state index contributed by atoms with van der Waals surface area (Å²) < 4.78 is 6.20. The first-order valence-corrected chi connectivity index (χ1v) is 11.2. The van der Waals surface area contributed by atoms with Crippen LogP contribution in [-0.2, 0) is 9.22 Å². The summed E-state index contributed by atoms with van der Waals surface area (Å²) in [6, 6.07) is 0. The molecule has 0 fully saturated rings. The highest BCUT2D eigenvalue weighted by molar-refractivity contribution is 6.74. The molecule has 0 aliphatic rings. The van der Waals surface area contributed by atoms with Gasteiger partial charge >= 0.3 is 0 Å². The van der Waals surface area contributed by atoms with Gasteiger partial charge in [0.15, 0.2) is 14.1 Å². The predicted molar refractivity (Wildman–Crippen MR) is 92.0 cm³/mol. The highest BCUT2D eigenvalue weighted by Crippen LogP contribution is 2.37. The summed E-state index contributed by atoms with van der Waals surface area (Å²) in [4.78, 5) is 12.7. The molecule has 0 heterocycles. The van der Waals surface area contributed by atoms with Crippen LogP contribution in [0.25, 0.3) is 0 Å². The van der Waals surface area contributed by atoms with Crippen molar-refractivity contribution in [2.24, 2.45) is 11.8 Å². The van der Waals surface area contributed by atoms with Gasteiger partial charge in [-0.3, -0.25) is 4.79 Å². The van der Waals surface area contributed by atoms with Crippen molar-refractivity contribution in [2.45, 2.75) is 91.6 Å². The van der Waals surface area contributed by atoms with Gasteiger partial charge < -0.3 is 9.53 Å². The van der Waals surface area contributed by atoms with Crippen LogP contribution in [0.3, 0.4) is 0 Å². The number of rotatable bonds is 8. The molecule has 0 rings (SSSR count). The molecule has 0 aromatic carbocycles. The molecule has 0 saturated heterocycles. The van der Waals surface area contributed by atoms with E-state index in [2.05, 4.69) is 33.9 Å². The first-order chi connectivity index (χ1) is 9.35. The molecule has 3 nitrogen and oxygen atoms in total. The third kappa shape index (κ3) is 5.84. The molecule has 0 aromatic rings. The second kappa shape index (κ2) is 7.89. The van der Waals surface area contributed by atoms with Crippen molar-refractivity contribution in [3.63, 3.8) is 0 Å². The fourth-order valence-electron chi connectivity index (χ4n) is 2.24. The van der Waals surface area contributed by atoms with Crippen molar-refractivity contribution in [3.8, 4) is 0 Å². The summed E-state index contributed by atoms with van der Waals surface area (Å²) >= 11 is 0. The van der Waals surface area contributed by atoms with Crippen molar-refractivity contribution in [1.29, 1.82) is 0 Å². The van der Waals surface area contributed by atoms with E-state index in [-0.39, 0.29) is 22.7 Å². The first-order valence-electron chi connectivity index (χ1n) is 8.24. The van der Waals surface area contributed by atoms with E-state index in [1.165, 1.54) is 0 Å². The van der Waals surface area contributed by atoms with E-state index in [4.69, 9.17) is 4.43 Å². The van der Waals surface area contributed by atoms with Gasteiger partial charge in [0.25, 0.3) is 0 Å². The van der Waals surface area contributed by atoms with E-state index in [0.29, 0.717) is 0 Å². The Morgan fingerprint density at radius 1 is 1.19 bits per heavy atom. The van der Waals surface area contributed by atoms with Crippen molar-refractivity contribution in [2.75, 3.05) is 0 Å². The SMILES string of the molecule is CCC[C@@H](C(=O)[C@H](C)O[Si](C)(C)C(C)(C)C)[C@@H](O)C(C)C. The van der Waals surface area contributed by atoms with E-state index in [9.17, 15) is 9.90 Å². The number of aliphatic hydroxyl groups excluding tert-OH is 1. The maximum atomic E-state index is 12.7. The van der Waals surface area contributed by atoms with Crippen molar-refractivity contribution in [1.82, 2.24) is 0 Å². The molecule has 0 aromatic heterocycles. The Kier molecular flexibility index (Phi) is 7.81. The number of ketones is 1. The molecule has 4 heteroatoms. The van der Waals surface area contributed by atoms with Crippen LogP contribution in [0.15, 0.2) is 0 Å². The van der Waals surface area contributed by atoms with Gasteiger partial charge in [-0.1, -0.05) is 48.0 Å². The van der Waals surface area contributed by atoms with Crippen molar-refractivity contribution < 1.29 is 14.3 Å². The summed E-state index contributed by atoms with van der Waals surface area (Å²) in [7, 11) is -1.96. The van der Waals surface area contributed by atoms with Crippen molar-refractivity contribution in [3.05, 3.63) is 0 Å². The summed E-state index contributed by atoms with van der Waals surface area (Å²) in [5.41, 5.74) is 0. The maximum Gasteiger partial charge on any atom is 0.193 e. The van der Waals surface area contributed by atoms with Gasteiger partial charge in [-0.15, -0.1) is 0 Å². The summed E-state index contributed by atoms with van der Waals surface area (Å²) in [6.45, 7) is 18.6. The number of carbonyl (C=O) groups is 1. The first kappa shape index (κ1) is 20.8. The Morgan fingerprint density at radius 3 is 2.00 bits per heavy atom. The van der Waals surface area contributed by atoms with Gasteiger partial charge in [-0.05, 0) is 37.4 Å². The molecule has 21 heavy (non-hydrogen) atoms. The number of hydrogen-bond donors (Lipinski definition) is 1. The zero-order chi connectivity index (χ0) is 17.0. The quantitative estimate of drug-likeness (QED) is 0.675. The molecule has 0 amide bonds. The van der Waals surface area contributed by atoms with Gasteiger partial charge in [-0.25, -0.2) is 0 Å². The molecule has 0 saturated carbocycles. The van der Waals surface area contributed by atoms with Crippen LogP contribution in [-0.4, -0.2) is 31.4 Å². The normalized spacial score (nSPS) is 17.7. The standard InChI is InChI=1S/C17H36O3Si/c1-10-11-14(15(18)12(2)3)16(19)13(4)20-21(8,9)17(5,6)7/h12-15,18H,10-11H2,1-9H3/t13-,14+,15-/m0/s1. The topological polar surface area (TPSA) is 46.5 Å². The zero-order valence-electron chi connectivity index (χ0n) is 15.5. The lowest BCUT2D eigenvalue weighted by Gasteiger charge is -2.39. The summed E-state index contributed by atoms with van der Waals surface area (Å²) in [5, 5.41) is 10.4. The van der Waals surface area contributed by atoms with E-state index < -0.39 is 20.5 Å². The van der Waals surface area contributed by atoms with E-state index in [0.717, 1.165) is 12.8 Å². The van der Waals surface area contributed by atoms with Crippen LogP contribution >= 0.6 is 0 Å². The van der Waals surface area contributed by atoms with Crippen LogP contribution in [0, 0.1) is 11.8 Å². The Labute approximate surface area is 132 Å². The largest absolute Gasteiger partial charge is 0.407 e. The Hall–Kier alpha value is -0.193. The highest BCUT2D eigenvalue weighted by atomic mass is 28.4. The number of carbonyl (C=O) groups excluding carboxylic acids is 1. The van der Waals surface area contributed by atoms with Crippen LogP contribution in [0.1, 0.15) is 61.3 Å². The van der Waals surface area contributed by atoms with Crippen LogP contribution < -0.4 is 0 Å². The fraction of sp³-hybridized carbons (Fsp3) is 0.941. The summed E-state index contributed by atoms with van der Waals surface area (Å²) in [6.07, 6.45) is 0.606. The van der Waals surface area contributed by atoms with E-state index in [1.54, 1.807) is 0 Å². The lowest BCUT2D eigenvalue weighted by atomic mass is 9.85. The van der Waals surface area contributed by atoms with E-state index in [1.807, 2.05) is 27.7 Å². The molecule has 0 unspecified atom stereocenters. The van der Waals surface area contributed by atoms with Crippen LogP contribution in [0.2, 0.25) is 18.1 Å². The Morgan fingerprint density at radius 2 is 1.67 bits per heavy atom. The lowest BCUT2D eigenvalue weighted by molar-refractivity contribution is -0.134. The van der Waals surface area contributed by atoms with Gasteiger partial charge in [0.2, 0.25) is 0 Å². The lowest BCUT2D eigenvalue weighted by Crippen LogP contribution is -2.47. The van der Waals surface area contributed by atoms with Gasteiger partial charge in [0.1, 0.15) is 6.10 Å². The van der Waals surface area contributed by atoms with Gasteiger partial charge in [-0.2, -0.15) is 0 Å². The minimum absolute atomic E-state index is 0.0582. The van der Waals surface area contributed by atoms with Gasteiger partial charge in [0, 0.05) is 5.92 Å². The fourth-order valence-corrected chi connectivity index (χ4v) is 3.59. The van der Waals surface area contributed by atoms with Crippen molar-refractivity contribution >= 4 is 14.1 Å². The second-order valence-corrected chi connectivity index (χ2v) is 12.8. The molecular weight excluding hydrogens is 280 g/mol. The highest BCUT2D eigenvalue weighted by Gasteiger charge is 2.41. The Balaban J connectivity index is 5.03. The molecule has 0 bridgehead atoms. The molecule has 0 radical (unpaired) electrons. The average Bonchev–Trinajstić information content (AvgIpc) is 2.32. The minimum Gasteiger partial charge on any atom is -0.407 e. The van der Waals surface area contributed by atoms with Crippen LogP contribution in [0.5, 0.6) is 0 Å². The molecular formula is C17H36O3Si. The average molecular weight is 317 g/mol.